The van der Waals surface area contributed by atoms with E-state index < -0.39 is 6.04 Å². The van der Waals surface area contributed by atoms with Gasteiger partial charge in [-0.2, -0.15) is 10.1 Å². The van der Waals surface area contributed by atoms with E-state index in [0.29, 0.717) is 35.0 Å². The Morgan fingerprint density at radius 1 is 1.20 bits per heavy atom. The van der Waals surface area contributed by atoms with Crippen LogP contribution in [0, 0.1) is 11.8 Å². The molecule has 8 heteroatoms. The van der Waals surface area contributed by atoms with Gasteiger partial charge in [-0.3, -0.25) is 9.59 Å². The Balaban J connectivity index is 1.70. The van der Waals surface area contributed by atoms with Gasteiger partial charge in [0.15, 0.2) is 11.5 Å². The van der Waals surface area contributed by atoms with E-state index in [-0.39, 0.29) is 29.0 Å². The fraction of sp³-hybridized carbons (Fsp3) is 0.500. The molecule has 0 radical (unpaired) electrons. The zero-order chi connectivity index (χ0) is 21.4. The number of carbonyl (C=O) groups is 1. The average molecular weight is 409 g/mol. The smallest absolute Gasteiger partial charge is 0.274 e. The molecule has 2 heterocycles. The number of carbonyl (C=O) groups excluding carboxylic acids is 1. The highest BCUT2D eigenvalue weighted by Crippen LogP contribution is 2.38. The minimum atomic E-state index is -0.441. The number of fused-ring (bicyclic) bond motifs is 1. The Morgan fingerprint density at radius 3 is 2.53 bits per heavy atom. The normalized spacial score (nSPS) is 15.1. The summed E-state index contributed by atoms with van der Waals surface area (Å²) in [5.74, 6) is 1.37. The Labute approximate surface area is 174 Å². The maximum atomic E-state index is 13.3. The second-order valence-corrected chi connectivity index (χ2v) is 8.74. The summed E-state index contributed by atoms with van der Waals surface area (Å²) in [6.07, 6.45) is 2.15. The van der Waals surface area contributed by atoms with Crippen LogP contribution >= 0.6 is 0 Å². The molecule has 0 saturated heterocycles. The van der Waals surface area contributed by atoms with E-state index in [2.05, 4.69) is 20.6 Å². The summed E-state index contributed by atoms with van der Waals surface area (Å²) < 4.78 is 6.84. The molecule has 2 aromatic heterocycles. The number of benzene rings is 1. The van der Waals surface area contributed by atoms with E-state index in [4.69, 9.17) is 4.52 Å². The summed E-state index contributed by atoms with van der Waals surface area (Å²) in [7, 11) is 0. The summed E-state index contributed by atoms with van der Waals surface area (Å²) in [5, 5.41) is 12.5. The molecule has 1 unspecified atom stereocenters. The van der Waals surface area contributed by atoms with Crippen LogP contribution in [0.25, 0.3) is 10.8 Å². The summed E-state index contributed by atoms with van der Waals surface area (Å²) in [6.45, 7) is 8.41. The molecule has 1 fully saturated rings. The van der Waals surface area contributed by atoms with Crippen LogP contribution in [0.2, 0.25) is 0 Å². The number of rotatable bonds is 7. The molecule has 1 aliphatic carbocycles. The van der Waals surface area contributed by atoms with Gasteiger partial charge in [0.25, 0.3) is 11.5 Å². The zero-order valence-corrected chi connectivity index (χ0v) is 17.8. The molecule has 1 aliphatic rings. The highest BCUT2D eigenvalue weighted by atomic mass is 16.5. The van der Waals surface area contributed by atoms with Crippen LogP contribution in [0.15, 0.2) is 33.6 Å². The molecule has 3 aromatic rings. The van der Waals surface area contributed by atoms with Crippen molar-refractivity contribution in [1.29, 1.82) is 0 Å². The van der Waals surface area contributed by atoms with E-state index in [9.17, 15) is 9.59 Å². The maximum Gasteiger partial charge on any atom is 0.274 e. The van der Waals surface area contributed by atoms with Crippen LogP contribution in [-0.2, 0) is 6.54 Å². The fourth-order valence-corrected chi connectivity index (χ4v) is 3.48. The largest absolute Gasteiger partial charge is 0.339 e. The van der Waals surface area contributed by atoms with Gasteiger partial charge in [0, 0.05) is 17.8 Å². The topological polar surface area (TPSA) is 103 Å². The third kappa shape index (κ3) is 3.99. The maximum absolute atomic E-state index is 13.3. The third-order valence-electron chi connectivity index (χ3n) is 5.24. The standard InChI is InChI=1S/C22H27N5O3/c1-12(2)11-27-22(29)16-8-6-5-7-15(16)18(25-27)20(28)23-17(13(3)4)21-24-19(26-30-21)14-9-10-14/h5-8,12-14,17H,9-11H2,1-4H3,(H,23,28). The van der Waals surface area contributed by atoms with Crippen molar-refractivity contribution in [3.05, 3.63) is 52.0 Å². The molecule has 30 heavy (non-hydrogen) atoms. The Morgan fingerprint density at radius 2 is 1.90 bits per heavy atom. The van der Waals surface area contributed by atoms with Gasteiger partial charge in [-0.1, -0.05) is 51.1 Å². The average Bonchev–Trinajstić information content (AvgIpc) is 3.45. The Kier molecular flexibility index (Phi) is 5.40. The van der Waals surface area contributed by atoms with Crippen molar-refractivity contribution < 1.29 is 9.32 Å². The lowest BCUT2D eigenvalue weighted by Gasteiger charge is -2.19. The van der Waals surface area contributed by atoms with E-state index in [1.165, 1.54) is 4.68 Å². The van der Waals surface area contributed by atoms with Crippen molar-refractivity contribution in [2.24, 2.45) is 11.8 Å². The number of hydrogen-bond acceptors (Lipinski definition) is 6. The number of amides is 1. The number of nitrogens with one attached hydrogen (secondary N) is 1. The van der Waals surface area contributed by atoms with Crippen LogP contribution in [0.4, 0.5) is 0 Å². The Hall–Kier alpha value is -3.03. The van der Waals surface area contributed by atoms with Crippen molar-refractivity contribution in [3.63, 3.8) is 0 Å². The summed E-state index contributed by atoms with van der Waals surface area (Å²) in [4.78, 5) is 30.6. The molecule has 1 aromatic carbocycles. The van der Waals surface area contributed by atoms with Crippen molar-refractivity contribution in [2.45, 2.75) is 59.0 Å². The van der Waals surface area contributed by atoms with Gasteiger partial charge in [0.05, 0.1) is 5.39 Å². The van der Waals surface area contributed by atoms with Gasteiger partial charge >= 0.3 is 0 Å². The van der Waals surface area contributed by atoms with E-state index in [0.717, 1.165) is 12.8 Å². The van der Waals surface area contributed by atoms with Crippen LogP contribution in [0.1, 0.15) is 74.7 Å². The van der Waals surface area contributed by atoms with Crippen LogP contribution < -0.4 is 10.9 Å². The second kappa shape index (κ2) is 8.01. The molecule has 4 rings (SSSR count). The Bertz CT molecular complexity index is 1130. The summed E-state index contributed by atoms with van der Waals surface area (Å²) >= 11 is 0. The SMILES string of the molecule is CC(C)Cn1nc(C(=O)NC(c2nc(C3CC3)no2)C(C)C)c2ccccc2c1=O. The molecular weight excluding hydrogens is 382 g/mol. The molecule has 1 atom stereocenters. The minimum Gasteiger partial charge on any atom is -0.339 e. The van der Waals surface area contributed by atoms with Crippen LogP contribution in [-0.4, -0.2) is 25.8 Å². The van der Waals surface area contributed by atoms with E-state index in [1.807, 2.05) is 27.7 Å². The van der Waals surface area contributed by atoms with Crippen molar-refractivity contribution >= 4 is 16.7 Å². The lowest BCUT2D eigenvalue weighted by molar-refractivity contribution is 0.0908. The fourth-order valence-electron chi connectivity index (χ4n) is 3.48. The molecular formula is C22H27N5O3. The third-order valence-corrected chi connectivity index (χ3v) is 5.24. The van der Waals surface area contributed by atoms with Gasteiger partial charge in [0.2, 0.25) is 5.89 Å². The molecule has 8 nitrogen and oxygen atoms in total. The van der Waals surface area contributed by atoms with E-state index >= 15 is 0 Å². The van der Waals surface area contributed by atoms with Gasteiger partial charge in [-0.15, -0.1) is 0 Å². The number of hydrogen-bond donors (Lipinski definition) is 1. The first kappa shape index (κ1) is 20.3. The highest BCUT2D eigenvalue weighted by Gasteiger charge is 2.32. The first-order valence-electron chi connectivity index (χ1n) is 10.5. The van der Waals surface area contributed by atoms with Crippen molar-refractivity contribution in [3.8, 4) is 0 Å². The first-order valence-corrected chi connectivity index (χ1v) is 10.5. The predicted molar refractivity (Wildman–Crippen MR) is 112 cm³/mol. The van der Waals surface area contributed by atoms with Gasteiger partial charge in [-0.05, 0) is 30.7 Å². The predicted octanol–water partition coefficient (Wildman–Crippen LogP) is 3.44. The minimum absolute atomic E-state index is 0.0364. The zero-order valence-electron chi connectivity index (χ0n) is 17.8. The lowest BCUT2D eigenvalue weighted by atomic mass is 10.0. The molecule has 1 saturated carbocycles. The summed E-state index contributed by atoms with van der Waals surface area (Å²) in [6, 6.07) is 6.63. The monoisotopic (exact) mass is 409 g/mol. The molecule has 1 amide bonds. The van der Waals surface area contributed by atoms with Crippen molar-refractivity contribution in [2.75, 3.05) is 0 Å². The number of nitrogens with zero attached hydrogens (tertiary/aromatic N) is 4. The lowest BCUT2D eigenvalue weighted by Crippen LogP contribution is -2.35. The molecule has 0 aliphatic heterocycles. The van der Waals surface area contributed by atoms with Gasteiger partial charge < -0.3 is 9.84 Å². The molecule has 0 spiro atoms. The highest BCUT2D eigenvalue weighted by molar-refractivity contribution is 6.04. The van der Waals surface area contributed by atoms with Crippen LogP contribution in [0.3, 0.4) is 0 Å². The first-order chi connectivity index (χ1) is 14.3. The van der Waals surface area contributed by atoms with Crippen LogP contribution in [0.5, 0.6) is 0 Å². The van der Waals surface area contributed by atoms with Crippen molar-refractivity contribution in [1.82, 2.24) is 25.2 Å². The molecule has 158 valence electrons. The molecule has 1 N–H and O–H groups in total. The van der Waals surface area contributed by atoms with Gasteiger partial charge in [-0.25, -0.2) is 4.68 Å². The molecule has 0 bridgehead atoms. The second-order valence-electron chi connectivity index (χ2n) is 8.74. The van der Waals surface area contributed by atoms with E-state index in [1.54, 1.807) is 24.3 Å². The van der Waals surface area contributed by atoms with Gasteiger partial charge in [0.1, 0.15) is 6.04 Å². The summed E-state index contributed by atoms with van der Waals surface area (Å²) in [5.41, 5.74) is 0.0284. The number of aromatic nitrogens is 4. The quantitative estimate of drug-likeness (QED) is 0.641.